The highest BCUT2D eigenvalue weighted by molar-refractivity contribution is 7.92. The maximum atomic E-state index is 12.7. The summed E-state index contributed by atoms with van der Waals surface area (Å²) in [6.07, 6.45) is -0.960. The molecular weight excluding hydrogens is 313 g/mol. The molecule has 0 saturated heterocycles. The lowest BCUT2D eigenvalue weighted by Gasteiger charge is -2.16. The van der Waals surface area contributed by atoms with E-state index in [0.29, 0.717) is 0 Å². The highest BCUT2D eigenvalue weighted by Gasteiger charge is 2.49. The van der Waals surface area contributed by atoms with Crippen LogP contribution in [0.5, 0.6) is 5.75 Å². The first-order valence-corrected chi connectivity index (χ1v) is 7.57. The molecule has 0 amide bonds. The van der Waals surface area contributed by atoms with Crippen molar-refractivity contribution in [3.05, 3.63) is 23.3 Å². The highest BCUT2D eigenvalue weighted by atomic mass is 32.2. The van der Waals surface area contributed by atoms with Gasteiger partial charge in [-0.3, -0.25) is 0 Å². The van der Waals surface area contributed by atoms with Crippen LogP contribution in [-0.4, -0.2) is 37.4 Å². The number of hydrogen-bond donors (Lipinski definition) is 2. The molecule has 2 N–H and O–H groups in total. The Morgan fingerprint density at radius 1 is 1.33 bits per heavy atom. The summed E-state index contributed by atoms with van der Waals surface area (Å²) in [6.45, 7) is -0.367. The molecule has 9 heteroatoms. The summed E-state index contributed by atoms with van der Waals surface area (Å²) < 4.78 is 66.3. The molecule has 118 valence electrons. The van der Waals surface area contributed by atoms with Crippen LogP contribution in [0, 0.1) is 0 Å². The van der Waals surface area contributed by atoms with Crippen molar-refractivity contribution in [1.29, 1.82) is 0 Å². The molecule has 1 aliphatic carbocycles. The van der Waals surface area contributed by atoms with Gasteiger partial charge in [-0.2, -0.15) is 13.2 Å². The van der Waals surface area contributed by atoms with Gasteiger partial charge in [0.1, 0.15) is 12.4 Å². The largest absolute Gasteiger partial charge is 0.501 e. The Morgan fingerprint density at radius 2 is 2.00 bits per heavy atom. The van der Waals surface area contributed by atoms with Crippen LogP contribution in [0.1, 0.15) is 23.7 Å². The van der Waals surface area contributed by atoms with Crippen molar-refractivity contribution in [2.75, 3.05) is 13.2 Å². The molecular formula is C12H13F3O5S. The number of aliphatic hydroxyl groups excluding tert-OH is 2. The van der Waals surface area contributed by atoms with Crippen LogP contribution < -0.4 is 4.74 Å². The van der Waals surface area contributed by atoms with Crippen molar-refractivity contribution in [3.63, 3.8) is 0 Å². The summed E-state index contributed by atoms with van der Waals surface area (Å²) in [4.78, 5) is -0.939. The number of alkyl halides is 3. The fourth-order valence-corrected chi connectivity index (χ4v) is 3.37. The number of halogens is 3. The number of hydrogen-bond acceptors (Lipinski definition) is 5. The Labute approximate surface area is 118 Å². The van der Waals surface area contributed by atoms with Gasteiger partial charge in [-0.25, -0.2) is 8.42 Å². The highest BCUT2D eigenvalue weighted by Crippen LogP contribution is 2.44. The molecule has 2 rings (SSSR count). The lowest BCUT2D eigenvalue weighted by molar-refractivity contribution is -0.0437. The van der Waals surface area contributed by atoms with Crippen LogP contribution in [0.25, 0.3) is 0 Å². The summed E-state index contributed by atoms with van der Waals surface area (Å²) in [5.41, 5.74) is -5.46. The molecule has 1 aliphatic rings. The second-order valence-electron chi connectivity index (χ2n) is 4.53. The van der Waals surface area contributed by atoms with Gasteiger partial charge < -0.3 is 14.9 Å². The van der Waals surface area contributed by atoms with Gasteiger partial charge in [-0.05, 0) is 25.0 Å². The quantitative estimate of drug-likeness (QED) is 0.872. The minimum absolute atomic E-state index is 0.0755. The predicted octanol–water partition coefficient (Wildman–Crippen LogP) is 1.33. The third-order valence-electron chi connectivity index (χ3n) is 3.22. The average Bonchev–Trinajstić information content (AvgIpc) is 2.77. The van der Waals surface area contributed by atoms with E-state index in [9.17, 15) is 26.7 Å². The Kier molecular flexibility index (Phi) is 4.18. The molecule has 1 aromatic carbocycles. The van der Waals surface area contributed by atoms with Crippen LogP contribution in [-0.2, 0) is 16.3 Å². The second-order valence-corrected chi connectivity index (χ2v) is 6.44. The molecule has 5 nitrogen and oxygen atoms in total. The molecule has 0 bridgehead atoms. The molecule has 1 unspecified atom stereocenters. The lowest BCUT2D eigenvalue weighted by atomic mass is 10.1. The molecule has 0 spiro atoms. The van der Waals surface area contributed by atoms with Gasteiger partial charge in [0.15, 0.2) is 0 Å². The number of ether oxygens (including phenoxy) is 1. The summed E-state index contributed by atoms with van der Waals surface area (Å²) >= 11 is 0. The van der Waals surface area contributed by atoms with Gasteiger partial charge in [0.25, 0.3) is 9.84 Å². The Hall–Kier alpha value is -1.32. The topological polar surface area (TPSA) is 83.8 Å². The van der Waals surface area contributed by atoms with E-state index in [1.807, 2.05) is 0 Å². The van der Waals surface area contributed by atoms with Crippen molar-refractivity contribution in [1.82, 2.24) is 0 Å². The zero-order valence-corrected chi connectivity index (χ0v) is 11.5. The number of sulfone groups is 1. The summed E-state index contributed by atoms with van der Waals surface area (Å²) in [5.74, 6) is 0.178. The first-order valence-electron chi connectivity index (χ1n) is 6.09. The minimum Gasteiger partial charge on any atom is -0.491 e. The third kappa shape index (κ3) is 2.72. The molecule has 0 aliphatic heterocycles. The van der Waals surface area contributed by atoms with E-state index in [2.05, 4.69) is 0 Å². The number of rotatable bonds is 4. The van der Waals surface area contributed by atoms with Crippen LogP contribution in [0.3, 0.4) is 0 Å². The minimum atomic E-state index is -5.54. The van der Waals surface area contributed by atoms with Gasteiger partial charge in [0.05, 0.1) is 17.6 Å². The maximum Gasteiger partial charge on any atom is 0.501 e. The normalized spacial score (nSPS) is 18.6. The maximum absolute atomic E-state index is 12.7. The molecule has 1 atom stereocenters. The molecule has 0 heterocycles. The van der Waals surface area contributed by atoms with E-state index in [4.69, 9.17) is 9.84 Å². The molecule has 1 aromatic rings. The molecule has 21 heavy (non-hydrogen) atoms. The SMILES string of the molecule is O=S(=O)(c1ccc(OCCO)c2c1C(O)CC2)C(F)(F)F. The summed E-state index contributed by atoms with van der Waals surface area (Å²) in [6, 6.07) is 1.90. The average molecular weight is 326 g/mol. The van der Waals surface area contributed by atoms with Crippen LogP contribution in [0.15, 0.2) is 17.0 Å². The fourth-order valence-electron chi connectivity index (χ4n) is 2.32. The van der Waals surface area contributed by atoms with E-state index in [-0.39, 0.29) is 42.9 Å². The Balaban J connectivity index is 2.59. The molecule has 0 aromatic heterocycles. The van der Waals surface area contributed by atoms with E-state index >= 15 is 0 Å². The van der Waals surface area contributed by atoms with Gasteiger partial charge in [-0.1, -0.05) is 0 Å². The Morgan fingerprint density at radius 3 is 2.57 bits per heavy atom. The van der Waals surface area contributed by atoms with Crippen LogP contribution in [0.4, 0.5) is 13.2 Å². The van der Waals surface area contributed by atoms with E-state index in [1.54, 1.807) is 0 Å². The number of fused-ring (bicyclic) bond motifs is 1. The molecule has 0 saturated carbocycles. The third-order valence-corrected chi connectivity index (χ3v) is 4.76. The zero-order chi connectivity index (χ0) is 15.8. The Bertz CT molecular complexity index is 639. The summed E-state index contributed by atoms with van der Waals surface area (Å²) in [5, 5.41) is 18.5. The van der Waals surface area contributed by atoms with E-state index in [0.717, 1.165) is 12.1 Å². The van der Waals surface area contributed by atoms with Gasteiger partial charge in [0, 0.05) is 11.1 Å². The van der Waals surface area contributed by atoms with Crippen molar-refractivity contribution < 1.29 is 36.5 Å². The fraction of sp³-hybridized carbons (Fsp3) is 0.500. The predicted molar refractivity (Wildman–Crippen MR) is 65.5 cm³/mol. The first kappa shape index (κ1) is 16.1. The van der Waals surface area contributed by atoms with E-state index < -0.39 is 26.3 Å². The van der Waals surface area contributed by atoms with Crippen molar-refractivity contribution in [3.8, 4) is 5.75 Å². The summed E-state index contributed by atoms with van der Waals surface area (Å²) in [7, 11) is -5.54. The van der Waals surface area contributed by atoms with Gasteiger partial charge in [0.2, 0.25) is 0 Å². The van der Waals surface area contributed by atoms with Crippen LogP contribution >= 0.6 is 0 Å². The monoisotopic (exact) mass is 326 g/mol. The van der Waals surface area contributed by atoms with Crippen molar-refractivity contribution in [2.24, 2.45) is 0 Å². The first-order chi connectivity index (χ1) is 9.70. The zero-order valence-electron chi connectivity index (χ0n) is 10.7. The number of benzene rings is 1. The van der Waals surface area contributed by atoms with Crippen LogP contribution in [0.2, 0.25) is 0 Å². The second kappa shape index (κ2) is 5.47. The van der Waals surface area contributed by atoms with Gasteiger partial charge in [-0.15, -0.1) is 0 Å². The standard InChI is InChI=1S/C12H13F3O5S/c13-12(14,15)21(18,19)10-4-3-9(20-6-5-16)7-1-2-8(17)11(7)10/h3-4,8,16-17H,1-2,5-6H2. The van der Waals surface area contributed by atoms with E-state index in [1.165, 1.54) is 0 Å². The smallest absolute Gasteiger partial charge is 0.491 e. The van der Waals surface area contributed by atoms with Crippen molar-refractivity contribution in [2.45, 2.75) is 29.3 Å². The lowest BCUT2D eigenvalue weighted by Crippen LogP contribution is -2.25. The number of aliphatic hydroxyl groups is 2. The molecule has 0 radical (unpaired) electrons. The molecule has 0 fully saturated rings. The van der Waals surface area contributed by atoms with Gasteiger partial charge >= 0.3 is 5.51 Å². The van der Waals surface area contributed by atoms with Crippen molar-refractivity contribution >= 4 is 9.84 Å².